The zero-order chi connectivity index (χ0) is 12.4. The number of hydrogen-bond acceptors (Lipinski definition) is 0. The molecular formula is C17H20. The molecule has 0 aliphatic carbocycles. The van der Waals surface area contributed by atoms with E-state index in [2.05, 4.69) is 64.1 Å². The predicted octanol–water partition coefficient (Wildman–Crippen LogP) is 4.51. The summed E-state index contributed by atoms with van der Waals surface area (Å²) in [5.74, 6) is 0. The molecule has 2 aromatic carbocycles. The Hall–Kier alpha value is -1.56. The van der Waals surface area contributed by atoms with Crippen LogP contribution in [0.2, 0.25) is 0 Å². The summed E-state index contributed by atoms with van der Waals surface area (Å²) in [5, 5.41) is 0. The SMILES string of the molecule is Cc1ccc(C)c(Cc2c(C)cccc2C)c1. The van der Waals surface area contributed by atoms with Gasteiger partial charge in [0.1, 0.15) is 0 Å². The van der Waals surface area contributed by atoms with Crippen LogP contribution in [0.4, 0.5) is 0 Å². The van der Waals surface area contributed by atoms with Gasteiger partial charge in [0.05, 0.1) is 0 Å². The van der Waals surface area contributed by atoms with E-state index in [1.165, 1.54) is 33.4 Å². The van der Waals surface area contributed by atoms with Gasteiger partial charge in [0.25, 0.3) is 0 Å². The lowest BCUT2D eigenvalue weighted by Crippen LogP contribution is -1.97. The molecule has 0 nitrogen and oxygen atoms in total. The highest BCUT2D eigenvalue weighted by atomic mass is 14.1. The van der Waals surface area contributed by atoms with Crippen LogP contribution in [-0.2, 0) is 6.42 Å². The molecule has 0 amide bonds. The van der Waals surface area contributed by atoms with Gasteiger partial charge in [0.2, 0.25) is 0 Å². The van der Waals surface area contributed by atoms with Crippen molar-refractivity contribution in [3.05, 3.63) is 69.8 Å². The van der Waals surface area contributed by atoms with E-state index in [0.717, 1.165) is 6.42 Å². The van der Waals surface area contributed by atoms with Gasteiger partial charge in [0.15, 0.2) is 0 Å². The first-order valence-corrected chi connectivity index (χ1v) is 6.19. The van der Waals surface area contributed by atoms with Crippen molar-refractivity contribution in [1.29, 1.82) is 0 Å². The second-order valence-corrected chi connectivity index (χ2v) is 4.98. The van der Waals surface area contributed by atoms with E-state index in [0.29, 0.717) is 0 Å². The summed E-state index contributed by atoms with van der Waals surface area (Å²) < 4.78 is 0. The van der Waals surface area contributed by atoms with Gasteiger partial charge in [-0.25, -0.2) is 0 Å². The summed E-state index contributed by atoms with van der Waals surface area (Å²) in [6.07, 6.45) is 1.05. The maximum absolute atomic E-state index is 2.31. The molecule has 0 fully saturated rings. The quantitative estimate of drug-likeness (QED) is 0.704. The van der Waals surface area contributed by atoms with Crippen molar-refractivity contribution in [2.45, 2.75) is 34.1 Å². The van der Waals surface area contributed by atoms with E-state index in [1.807, 2.05) is 0 Å². The van der Waals surface area contributed by atoms with Crippen molar-refractivity contribution in [3.63, 3.8) is 0 Å². The van der Waals surface area contributed by atoms with E-state index in [-0.39, 0.29) is 0 Å². The van der Waals surface area contributed by atoms with Crippen molar-refractivity contribution < 1.29 is 0 Å². The van der Waals surface area contributed by atoms with Crippen LogP contribution in [-0.4, -0.2) is 0 Å². The molecule has 0 aliphatic rings. The van der Waals surface area contributed by atoms with Crippen molar-refractivity contribution in [3.8, 4) is 0 Å². The van der Waals surface area contributed by atoms with Gasteiger partial charge < -0.3 is 0 Å². The third-order valence-electron chi connectivity index (χ3n) is 3.52. The molecule has 0 unspecified atom stereocenters. The smallest absolute Gasteiger partial charge is 0.00178 e. The van der Waals surface area contributed by atoms with Crippen LogP contribution in [0.3, 0.4) is 0 Å². The van der Waals surface area contributed by atoms with Gasteiger partial charge in [0, 0.05) is 0 Å². The molecule has 0 heteroatoms. The molecule has 0 aliphatic heterocycles. The van der Waals surface area contributed by atoms with Crippen molar-refractivity contribution in [1.82, 2.24) is 0 Å². The lowest BCUT2D eigenvalue weighted by molar-refractivity contribution is 1.09. The normalized spacial score (nSPS) is 10.6. The first-order chi connectivity index (χ1) is 8.08. The molecule has 0 saturated carbocycles. The molecule has 0 atom stereocenters. The van der Waals surface area contributed by atoms with Crippen LogP contribution < -0.4 is 0 Å². The molecule has 0 radical (unpaired) electrons. The molecule has 0 N–H and O–H groups in total. The largest absolute Gasteiger partial charge is 0.0617 e. The highest BCUT2D eigenvalue weighted by Gasteiger charge is 2.05. The highest BCUT2D eigenvalue weighted by molar-refractivity contribution is 5.41. The lowest BCUT2D eigenvalue weighted by atomic mass is 9.93. The minimum Gasteiger partial charge on any atom is -0.0617 e. The fourth-order valence-electron chi connectivity index (χ4n) is 2.31. The Bertz CT molecular complexity index is 515. The van der Waals surface area contributed by atoms with Crippen LogP contribution in [0.5, 0.6) is 0 Å². The second-order valence-electron chi connectivity index (χ2n) is 4.98. The third kappa shape index (κ3) is 2.58. The Morgan fingerprint density at radius 3 is 2.06 bits per heavy atom. The van der Waals surface area contributed by atoms with Gasteiger partial charge in [-0.1, -0.05) is 42.0 Å². The third-order valence-corrected chi connectivity index (χ3v) is 3.52. The minimum atomic E-state index is 1.05. The standard InChI is InChI=1S/C17H20/c1-12-8-9-13(2)16(10-12)11-17-14(3)6-5-7-15(17)4/h5-10H,11H2,1-4H3. The van der Waals surface area contributed by atoms with Crippen LogP contribution in [0, 0.1) is 27.7 Å². The van der Waals surface area contributed by atoms with Crippen LogP contribution in [0.15, 0.2) is 36.4 Å². The summed E-state index contributed by atoms with van der Waals surface area (Å²) in [6, 6.07) is 13.3. The number of rotatable bonds is 2. The molecule has 17 heavy (non-hydrogen) atoms. The Morgan fingerprint density at radius 1 is 0.765 bits per heavy atom. The predicted molar refractivity (Wildman–Crippen MR) is 74.6 cm³/mol. The topological polar surface area (TPSA) is 0 Å². The van der Waals surface area contributed by atoms with Crippen LogP contribution in [0.25, 0.3) is 0 Å². The average molecular weight is 224 g/mol. The van der Waals surface area contributed by atoms with Gasteiger partial charge in [-0.15, -0.1) is 0 Å². The Morgan fingerprint density at radius 2 is 1.41 bits per heavy atom. The molecule has 0 heterocycles. The van der Waals surface area contributed by atoms with Gasteiger partial charge in [-0.3, -0.25) is 0 Å². The van der Waals surface area contributed by atoms with Crippen LogP contribution in [0.1, 0.15) is 33.4 Å². The number of aryl methyl sites for hydroxylation is 4. The van der Waals surface area contributed by atoms with Gasteiger partial charge in [-0.05, 0) is 61.9 Å². The van der Waals surface area contributed by atoms with E-state index in [9.17, 15) is 0 Å². The molecule has 88 valence electrons. The molecule has 2 rings (SSSR count). The van der Waals surface area contributed by atoms with E-state index < -0.39 is 0 Å². The molecular weight excluding hydrogens is 204 g/mol. The second kappa shape index (κ2) is 4.75. The van der Waals surface area contributed by atoms with Gasteiger partial charge in [-0.2, -0.15) is 0 Å². The molecule has 0 bridgehead atoms. The Balaban J connectivity index is 2.41. The van der Waals surface area contributed by atoms with Crippen molar-refractivity contribution in [2.24, 2.45) is 0 Å². The first kappa shape index (κ1) is 11.9. The Kier molecular flexibility index (Phi) is 3.33. The fourth-order valence-corrected chi connectivity index (χ4v) is 2.31. The average Bonchev–Trinajstić information content (AvgIpc) is 2.28. The van der Waals surface area contributed by atoms with Crippen molar-refractivity contribution >= 4 is 0 Å². The minimum absolute atomic E-state index is 1.05. The summed E-state index contributed by atoms with van der Waals surface area (Å²) in [5.41, 5.74) is 8.44. The summed E-state index contributed by atoms with van der Waals surface area (Å²) in [6.45, 7) is 8.76. The maximum atomic E-state index is 2.31. The molecule has 0 aromatic heterocycles. The van der Waals surface area contributed by atoms with E-state index >= 15 is 0 Å². The summed E-state index contributed by atoms with van der Waals surface area (Å²) in [4.78, 5) is 0. The summed E-state index contributed by atoms with van der Waals surface area (Å²) >= 11 is 0. The van der Waals surface area contributed by atoms with E-state index in [4.69, 9.17) is 0 Å². The van der Waals surface area contributed by atoms with E-state index in [1.54, 1.807) is 0 Å². The maximum Gasteiger partial charge on any atom is -0.00178 e. The van der Waals surface area contributed by atoms with Crippen LogP contribution >= 0.6 is 0 Å². The summed E-state index contributed by atoms with van der Waals surface area (Å²) in [7, 11) is 0. The Labute approximate surface area is 104 Å². The fraction of sp³-hybridized carbons (Fsp3) is 0.294. The van der Waals surface area contributed by atoms with Crippen molar-refractivity contribution in [2.75, 3.05) is 0 Å². The zero-order valence-electron chi connectivity index (χ0n) is 11.2. The highest BCUT2D eigenvalue weighted by Crippen LogP contribution is 2.20. The molecule has 0 saturated heterocycles. The molecule has 0 spiro atoms. The van der Waals surface area contributed by atoms with Gasteiger partial charge >= 0.3 is 0 Å². The number of benzene rings is 2. The zero-order valence-corrected chi connectivity index (χ0v) is 11.2. The monoisotopic (exact) mass is 224 g/mol. The molecule has 2 aromatic rings. The first-order valence-electron chi connectivity index (χ1n) is 6.19. The number of hydrogen-bond donors (Lipinski definition) is 0. The lowest BCUT2D eigenvalue weighted by Gasteiger charge is -2.12.